The van der Waals surface area contributed by atoms with Crippen LogP contribution in [0.15, 0.2) is 48.5 Å². The third-order valence-electron chi connectivity index (χ3n) is 4.06. The van der Waals surface area contributed by atoms with Gasteiger partial charge in [-0.1, -0.05) is 24.3 Å². The van der Waals surface area contributed by atoms with Crippen molar-refractivity contribution in [2.24, 2.45) is 0 Å². The van der Waals surface area contributed by atoms with E-state index in [0.717, 1.165) is 19.4 Å². The van der Waals surface area contributed by atoms with E-state index in [0.29, 0.717) is 18.6 Å². The van der Waals surface area contributed by atoms with Crippen LogP contribution in [0.5, 0.6) is 11.5 Å². The van der Waals surface area contributed by atoms with Crippen LogP contribution in [0.2, 0.25) is 0 Å². The van der Waals surface area contributed by atoms with Crippen LogP contribution in [-0.2, 0) is 0 Å². The van der Waals surface area contributed by atoms with E-state index in [9.17, 15) is 9.90 Å². The van der Waals surface area contributed by atoms with Gasteiger partial charge in [-0.2, -0.15) is 0 Å². The molecule has 1 unspecified atom stereocenters. The average Bonchev–Trinajstić information content (AvgIpc) is 3.02. The van der Waals surface area contributed by atoms with Crippen LogP contribution in [-0.4, -0.2) is 30.6 Å². The summed E-state index contributed by atoms with van der Waals surface area (Å²) in [5.41, 5.74) is 1.41. The highest BCUT2D eigenvalue weighted by atomic mass is 16.5. The van der Waals surface area contributed by atoms with E-state index in [1.54, 1.807) is 12.1 Å². The Labute approximate surface area is 130 Å². The maximum atomic E-state index is 11.1. The molecule has 1 fully saturated rings. The minimum absolute atomic E-state index is 0.0427. The lowest BCUT2D eigenvalue weighted by Crippen LogP contribution is -2.34. The molecule has 4 heteroatoms. The number of phenols is 1. The lowest BCUT2D eigenvalue weighted by molar-refractivity contribution is 0.111. The summed E-state index contributed by atoms with van der Waals surface area (Å²) in [5.74, 6) is 0.397. The predicted molar refractivity (Wildman–Crippen MR) is 85.8 cm³/mol. The number of hydrogen-bond donors (Lipinski definition) is 1. The zero-order valence-electron chi connectivity index (χ0n) is 12.3. The molecule has 0 aromatic heterocycles. The van der Waals surface area contributed by atoms with Gasteiger partial charge in [0, 0.05) is 12.2 Å². The van der Waals surface area contributed by atoms with Crippen molar-refractivity contribution in [2.75, 3.05) is 18.1 Å². The molecule has 1 atom stereocenters. The largest absolute Gasteiger partial charge is 0.507 e. The van der Waals surface area contributed by atoms with Crippen molar-refractivity contribution >= 4 is 12.0 Å². The smallest absolute Gasteiger partial charge is 0.157 e. The van der Waals surface area contributed by atoms with Gasteiger partial charge < -0.3 is 14.7 Å². The van der Waals surface area contributed by atoms with Gasteiger partial charge in [-0.05, 0) is 37.1 Å². The summed E-state index contributed by atoms with van der Waals surface area (Å²) in [4.78, 5) is 13.4. The van der Waals surface area contributed by atoms with Gasteiger partial charge in [-0.3, -0.25) is 4.79 Å². The van der Waals surface area contributed by atoms with E-state index in [2.05, 4.69) is 17.0 Å². The number of aldehydes is 1. The molecule has 4 nitrogen and oxygen atoms in total. The van der Waals surface area contributed by atoms with E-state index < -0.39 is 0 Å². The summed E-state index contributed by atoms with van der Waals surface area (Å²) >= 11 is 0. The molecule has 0 saturated carbocycles. The first-order valence-corrected chi connectivity index (χ1v) is 7.51. The van der Waals surface area contributed by atoms with Crippen molar-refractivity contribution in [3.63, 3.8) is 0 Å². The van der Waals surface area contributed by atoms with Crippen molar-refractivity contribution in [1.29, 1.82) is 0 Å². The topological polar surface area (TPSA) is 49.8 Å². The van der Waals surface area contributed by atoms with Crippen LogP contribution < -0.4 is 9.64 Å². The Balaban J connectivity index is 1.71. The van der Waals surface area contributed by atoms with E-state index in [1.807, 2.05) is 18.2 Å². The maximum absolute atomic E-state index is 11.1. The van der Waals surface area contributed by atoms with Crippen molar-refractivity contribution in [3.05, 3.63) is 54.1 Å². The van der Waals surface area contributed by atoms with E-state index in [4.69, 9.17) is 4.74 Å². The Morgan fingerprint density at radius 1 is 1.18 bits per heavy atom. The molecule has 114 valence electrons. The number of nitrogens with zero attached hydrogens (tertiary/aromatic N) is 1. The second kappa shape index (κ2) is 6.52. The quantitative estimate of drug-likeness (QED) is 0.861. The van der Waals surface area contributed by atoms with Crippen molar-refractivity contribution in [1.82, 2.24) is 0 Å². The molecule has 0 spiro atoms. The van der Waals surface area contributed by atoms with Gasteiger partial charge in [0.1, 0.15) is 18.1 Å². The first-order chi connectivity index (χ1) is 10.8. The molecule has 0 amide bonds. The van der Waals surface area contributed by atoms with Gasteiger partial charge in [0.2, 0.25) is 0 Å². The van der Waals surface area contributed by atoms with Crippen molar-refractivity contribution < 1.29 is 14.6 Å². The number of para-hydroxylation sites is 1. The van der Waals surface area contributed by atoms with Crippen LogP contribution in [0, 0.1) is 0 Å². The van der Waals surface area contributed by atoms with Gasteiger partial charge in [0.15, 0.2) is 6.29 Å². The molecule has 1 N–H and O–H groups in total. The standard InChI is InChI=1S/C18H19NO3/c20-12-16-17(21)9-4-10-18(16)22-13-15-8-5-11-19(15)14-6-2-1-3-7-14/h1-4,6-7,9-10,12,15,21H,5,8,11,13H2. The fourth-order valence-electron chi connectivity index (χ4n) is 2.93. The Kier molecular flexibility index (Phi) is 4.28. The number of ether oxygens (including phenoxy) is 1. The molecule has 1 aliphatic heterocycles. The Bertz CT molecular complexity index is 642. The number of rotatable bonds is 5. The highest BCUT2D eigenvalue weighted by Crippen LogP contribution is 2.28. The second-order valence-corrected chi connectivity index (χ2v) is 5.44. The SMILES string of the molecule is O=Cc1c(O)cccc1OCC1CCCN1c1ccccc1. The van der Waals surface area contributed by atoms with E-state index in [1.165, 1.54) is 11.8 Å². The fourth-order valence-corrected chi connectivity index (χ4v) is 2.93. The van der Waals surface area contributed by atoms with E-state index in [-0.39, 0.29) is 17.4 Å². The normalized spacial score (nSPS) is 17.5. The zero-order valence-corrected chi connectivity index (χ0v) is 12.3. The maximum Gasteiger partial charge on any atom is 0.157 e. The molecule has 0 radical (unpaired) electrons. The molecule has 0 aliphatic carbocycles. The summed E-state index contributed by atoms with van der Waals surface area (Å²) < 4.78 is 5.81. The van der Waals surface area contributed by atoms with Crippen molar-refractivity contribution in [2.45, 2.75) is 18.9 Å². The minimum Gasteiger partial charge on any atom is -0.507 e. The number of anilines is 1. The van der Waals surface area contributed by atoms with E-state index >= 15 is 0 Å². The molecule has 2 aromatic carbocycles. The van der Waals surface area contributed by atoms with Crippen molar-refractivity contribution in [3.8, 4) is 11.5 Å². The lowest BCUT2D eigenvalue weighted by Gasteiger charge is -2.27. The summed E-state index contributed by atoms with van der Waals surface area (Å²) in [6, 6.07) is 15.4. The Morgan fingerprint density at radius 2 is 2.00 bits per heavy atom. The number of phenolic OH excluding ortho intramolecular Hbond substituents is 1. The summed E-state index contributed by atoms with van der Waals surface area (Å²) in [6.45, 7) is 1.51. The van der Waals surface area contributed by atoms with Crippen LogP contribution in [0.4, 0.5) is 5.69 Å². The Morgan fingerprint density at radius 3 is 2.77 bits per heavy atom. The molecular formula is C18H19NO3. The van der Waals surface area contributed by atoms with Crippen LogP contribution in [0.3, 0.4) is 0 Å². The summed E-state index contributed by atoms with van der Waals surface area (Å²) in [6.07, 6.45) is 2.82. The highest BCUT2D eigenvalue weighted by Gasteiger charge is 2.25. The molecule has 1 heterocycles. The molecular weight excluding hydrogens is 278 g/mol. The third-order valence-corrected chi connectivity index (χ3v) is 4.06. The number of carbonyl (C=O) groups excluding carboxylic acids is 1. The molecule has 22 heavy (non-hydrogen) atoms. The van der Waals surface area contributed by atoms with Gasteiger partial charge in [0.05, 0.1) is 11.6 Å². The average molecular weight is 297 g/mol. The predicted octanol–water partition coefficient (Wildman–Crippen LogP) is 3.25. The summed E-state index contributed by atoms with van der Waals surface area (Å²) in [5, 5.41) is 9.69. The molecule has 1 saturated heterocycles. The van der Waals surface area contributed by atoms with Gasteiger partial charge in [-0.15, -0.1) is 0 Å². The monoisotopic (exact) mass is 297 g/mol. The third kappa shape index (κ3) is 2.91. The molecule has 0 bridgehead atoms. The van der Waals surface area contributed by atoms with Gasteiger partial charge in [-0.25, -0.2) is 0 Å². The van der Waals surface area contributed by atoms with Crippen LogP contribution in [0.1, 0.15) is 23.2 Å². The van der Waals surface area contributed by atoms with Crippen LogP contribution in [0.25, 0.3) is 0 Å². The zero-order chi connectivity index (χ0) is 15.4. The fraction of sp³-hybridized carbons (Fsp3) is 0.278. The van der Waals surface area contributed by atoms with Gasteiger partial charge >= 0.3 is 0 Å². The highest BCUT2D eigenvalue weighted by molar-refractivity contribution is 5.83. The molecule has 2 aromatic rings. The summed E-state index contributed by atoms with van der Waals surface area (Å²) in [7, 11) is 0. The first-order valence-electron chi connectivity index (χ1n) is 7.51. The lowest BCUT2D eigenvalue weighted by atomic mass is 10.2. The number of aromatic hydroxyl groups is 1. The second-order valence-electron chi connectivity index (χ2n) is 5.44. The van der Waals surface area contributed by atoms with Gasteiger partial charge in [0.25, 0.3) is 0 Å². The number of hydrogen-bond acceptors (Lipinski definition) is 4. The number of carbonyl (C=O) groups is 1. The first kappa shape index (κ1) is 14.4. The Hall–Kier alpha value is -2.49. The molecule has 1 aliphatic rings. The minimum atomic E-state index is -0.0427. The number of benzene rings is 2. The molecule has 3 rings (SSSR count). The van der Waals surface area contributed by atoms with Crippen LogP contribution >= 0.6 is 0 Å².